The van der Waals surface area contributed by atoms with E-state index in [9.17, 15) is 47.9 Å². The van der Waals surface area contributed by atoms with E-state index in [4.69, 9.17) is 70.2 Å². The van der Waals surface area contributed by atoms with Gasteiger partial charge in [0.25, 0.3) is 23.6 Å². The SMILES string of the molecule is NCCOCCOCCOCCN1CCN(C2CCC(n3cc(-c4ccc(Oc5ccccc5)cc4)c4c(N)ncnc43)CC2)CC1.Nc1ncnc2c1c(-c1ccc(Oc3ccccc3)cc1)cn2C1CCC(N2CCN(CCOCCOCCOCCNC(=O)CNc3cccc4c3C(=O)N(C3CCC(=O)NC3=O)C4=O)CC2)CC1.O=C(O)CNc1cccc2c1C(=O)N(C1CCC(=O)NC1=O)C2=O. The maximum absolute atomic E-state index is 13.3. The van der Waals surface area contributed by atoms with Crippen molar-refractivity contribution in [3.05, 3.63) is 193 Å². The summed E-state index contributed by atoms with van der Waals surface area (Å²) in [5, 5.41) is 23.1. The first-order valence-electron chi connectivity index (χ1n) is 48.4. The summed E-state index contributed by atoms with van der Waals surface area (Å²) in [6.45, 7) is 17.0. The zero-order valence-corrected chi connectivity index (χ0v) is 78.9. The Labute approximate surface area is 815 Å². The van der Waals surface area contributed by atoms with E-state index in [-0.39, 0.29) is 79.2 Å². The van der Waals surface area contributed by atoms with Gasteiger partial charge in [-0.2, -0.15) is 0 Å². The quantitative estimate of drug-likeness (QED) is 0.0128. The normalized spacial score (nSPS) is 19.7. The molecule has 12 N–H and O–H groups in total. The zero-order valence-electron chi connectivity index (χ0n) is 78.9. The zero-order chi connectivity index (χ0) is 98.1. The van der Waals surface area contributed by atoms with E-state index in [0.29, 0.717) is 114 Å². The Morgan fingerprint density at radius 1 is 0.397 bits per heavy atom. The van der Waals surface area contributed by atoms with Crippen LogP contribution in [-0.4, -0.2) is 318 Å². The van der Waals surface area contributed by atoms with Crippen LogP contribution in [0.25, 0.3) is 44.3 Å². The fraction of sp³-hybridized carbons (Fsp3) is 0.431. The van der Waals surface area contributed by atoms with Crippen LogP contribution in [0.2, 0.25) is 0 Å². The standard InChI is InChI=1S/C51H60N10O9.C36H49N7O4.C15H13N3O6/c52-47-46-40(34-9-15-38(16-10-34)70-37-5-2-1-3-6-37)32-60(48(46)56-33-55-47)36-13-11-35(12-14-36)59-22-20-58(21-23-59)24-26-68-28-30-69-29-27-67-25-19-53-44(63)31-54-41-8-4-7-39-45(41)51(66)61(50(39)65)42-17-18-43(62)57-49(42)64;37-14-20-44-22-24-46-25-23-45-21-19-41-15-17-42(18-16-41)29-8-10-30(11-9-29)43-26-33(34-35(38)39-27-40-36(34)43)28-6-12-32(13-7-28)47-31-4-2-1-3-5-31;19-10-5-4-9(13(22)17-10)18-14(23)7-2-1-3-8(12(7)15(18)24)16-6-11(20)21/h1-10,15-16,32-33,35-36,42,54H,11-14,17-31H2,(H,53,63)(H2,52,55,56)(H,57,62,64);1-7,12-13,26-27,29-30H,8-11,14-25,37H2,(H2,38,39,40);1-3,9,16H,4-6H2,(H,20,21)(H,17,19,22). The van der Waals surface area contributed by atoms with Gasteiger partial charge in [0.2, 0.25) is 29.5 Å². The second-order valence-corrected chi connectivity index (χ2v) is 35.6. The first-order chi connectivity index (χ1) is 68.8. The molecule has 39 heteroatoms. The van der Waals surface area contributed by atoms with Gasteiger partial charge in [-0.25, -0.2) is 19.9 Å². The van der Waals surface area contributed by atoms with E-state index in [0.717, 1.165) is 188 Å². The van der Waals surface area contributed by atoms with Gasteiger partial charge in [-0.05, 0) is 148 Å². The Morgan fingerprint density at radius 3 is 1.17 bits per heavy atom. The number of hydrogen-bond acceptors (Lipinski definition) is 31. The summed E-state index contributed by atoms with van der Waals surface area (Å²) in [5.41, 5.74) is 25.2. The number of nitrogen functional groups attached to an aromatic ring is 2. The van der Waals surface area contributed by atoms with Crippen molar-refractivity contribution >= 4 is 104 Å². The van der Waals surface area contributed by atoms with E-state index in [2.05, 4.69) is 102 Å². The van der Waals surface area contributed by atoms with Gasteiger partial charge in [0.15, 0.2) is 0 Å². The number of benzene rings is 6. The lowest BCUT2D eigenvalue weighted by Gasteiger charge is -2.42. The molecule has 6 aromatic carbocycles. The van der Waals surface area contributed by atoms with Crippen molar-refractivity contribution in [1.29, 1.82) is 0 Å². The van der Waals surface area contributed by atoms with Crippen molar-refractivity contribution in [2.24, 2.45) is 5.73 Å². The highest BCUT2D eigenvalue weighted by Gasteiger charge is 2.48. The molecule has 0 radical (unpaired) electrons. The number of aromatic nitrogens is 6. The van der Waals surface area contributed by atoms with E-state index >= 15 is 0 Å². The van der Waals surface area contributed by atoms with Gasteiger partial charge >= 0.3 is 5.97 Å². The smallest absolute Gasteiger partial charge is 0.322 e. The number of carbonyl (C=O) groups is 10. The number of amides is 9. The lowest BCUT2D eigenvalue weighted by Crippen LogP contribution is -2.54. The van der Waals surface area contributed by atoms with Gasteiger partial charge in [-0.3, -0.25) is 88.0 Å². The van der Waals surface area contributed by atoms with E-state index < -0.39 is 71.9 Å². The first-order valence-corrected chi connectivity index (χ1v) is 48.4. The molecule has 9 amide bonds. The fourth-order valence-electron chi connectivity index (χ4n) is 19.5. The lowest BCUT2D eigenvalue weighted by atomic mass is 9.89. The van der Waals surface area contributed by atoms with Crippen molar-refractivity contribution < 1.29 is 90.9 Å². The Kier molecular flexibility index (Phi) is 34.9. The number of rotatable bonds is 41. The van der Waals surface area contributed by atoms with Gasteiger partial charge in [-0.15, -0.1) is 0 Å². The summed E-state index contributed by atoms with van der Waals surface area (Å²) in [7, 11) is 0. The summed E-state index contributed by atoms with van der Waals surface area (Å²) in [4.78, 5) is 152. The van der Waals surface area contributed by atoms with Gasteiger partial charge in [0.05, 0.1) is 119 Å². The number of nitrogens with one attached hydrogen (secondary N) is 5. The molecular weight excluding hydrogens is 1810 g/mol. The number of ether oxygens (including phenoxy) is 8. The van der Waals surface area contributed by atoms with Gasteiger partial charge in [0.1, 0.15) is 77.2 Å². The molecule has 2 unspecified atom stereocenters. The minimum absolute atomic E-state index is 0.0296. The topological polar surface area (TPSA) is 484 Å². The molecule has 4 aromatic heterocycles. The number of hydrogen-bond donors (Lipinski definition) is 9. The second-order valence-electron chi connectivity index (χ2n) is 35.6. The number of carbonyl (C=O) groups excluding carboxylic acids is 9. The third-order valence-corrected chi connectivity index (χ3v) is 26.8. The summed E-state index contributed by atoms with van der Waals surface area (Å²) in [5.74, 6) is -2.11. The first kappa shape index (κ1) is 100. The third-order valence-electron chi connectivity index (χ3n) is 26.8. The van der Waals surface area contributed by atoms with E-state index in [1.54, 1.807) is 24.8 Å². The van der Waals surface area contributed by atoms with Crippen LogP contribution in [0.3, 0.4) is 0 Å². The monoisotopic (exact) mass is 1930 g/mol. The van der Waals surface area contributed by atoms with Crippen LogP contribution in [-0.2, 0) is 57.2 Å². The predicted octanol–water partition coefficient (Wildman–Crippen LogP) is 8.42. The average Bonchev–Trinajstić information content (AvgIpc) is 1.64. The average molecular weight is 1930 g/mol. The van der Waals surface area contributed by atoms with E-state index in [1.165, 1.54) is 37.1 Å². The summed E-state index contributed by atoms with van der Waals surface area (Å²) >= 11 is 0. The van der Waals surface area contributed by atoms with Gasteiger partial charge in [-0.1, -0.05) is 72.8 Å². The highest BCUT2D eigenvalue weighted by molar-refractivity contribution is 6.27. The number of imide groups is 4. The minimum atomic E-state index is -1.12. The molecule has 18 rings (SSSR count). The molecule has 2 atom stereocenters. The second kappa shape index (κ2) is 49.0. The predicted molar refractivity (Wildman–Crippen MR) is 524 cm³/mol. The number of carboxylic acid groups (broad SMARTS) is 1. The summed E-state index contributed by atoms with van der Waals surface area (Å²) in [6, 6.07) is 44.8. The molecule has 0 spiro atoms. The molecule has 2 saturated carbocycles. The van der Waals surface area contributed by atoms with Gasteiger partial charge in [0, 0.05) is 150 Å². The van der Waals surface area contributed by atoms with Crippen molar-refractivity contribution in [2.75, 3.05) is 193 Å². The molecule has 2 aliphatic carbocycles. The lowest BCUT2D eigenvalue weighted by molar-refractivity contribution is -0.137. The van der Waals surface area contributed by atoms with Crippen molar-refractivity contribution in [3.8, 4) is 45.3 Å². The number of fused-ring (bicyclic) bond motifs is 4. The molecule has 39 nitrogen and oxygen atoms in total. The number of nitrogens with two attached hydrogens (primary N) is 3. The Hall–Kier alpha value is -13.6. The highest BCUT2D eigenvalue weighted by atomic mass is 16.6. The van der Waals surface area contributed by atoms with E-state index in [1.807, 2.05) is 84.9 Å². The van der Waals surface area contributed by atoms with Crippen LogP contribution in [0.4, 0.5) is 23.0 Å². The molecule has 10 heterocycles. The summed E-state index contributed by atoms with van der Waals surface area (Å²) in [6.07, 6.45) is 16.8. The Balaban J connectivity index is 0.000000172. The summed E-state index contributed by atoms with van der Waals surface area (Å²) < 4.78 is 50.5. The molecule has 10 aromatic rings. The Bertz CT molecular complexity index is 6000. The van der Waals surface area contributed by atoms with Crippen molar-refractivity contribution in [2.45, 2.75) is 113 Å². The number of piperazine rings is 2. The number of nitrogens with zero attached hydrogens (tertiary/aromatic N) is 12. The van der Waals surface area contributed by atoms with Crippen LogP contribution in [0.15, 0.2) is 171 Å². The molecule has 6 aliphatic heterocycles. The highest BCUT2D eigenvalue weighted by Crippen LogP contribution is 2.44. The fourth-order valence-corrected chi connectivity index (χ4v) is 19.5. The number of piperidine rings is 2. The van der Waals surface area contributed by atoms with Crippen molar-refractivity contribution in [3.63, 3.8) is 0 Å². The molecule has 4 saturated heterocycles. The molecule has 0 bridgehead atoms. The van der Waals surface area contributed by atoms with Crippen LogP contribution in [0, 0.1) is 0 Å². The maximum atomic E-state index is 13.3. The molecule has 141 heavy (non-hydrogen) atoms. The molecule has 6 fully saturated rings. The number of aliphatic carboxylic acids is 1. The maximum Gasteiger partial charge on any atom is 0.322 e. The van der Waals surface area contributed by atoms with Crippen LogP contribution in [0.5, 0.6) is 23.0 Å². The third kappa shape index (κ3) is 25.4. The Morgan fingerprint density at radius 2 is 0.773 bits per heavy atom. The molecule has 744 valence electrons. The van der Waals surface area contributed by atoms with Crippen molar-refractivity contribution in [1.82, 2.24) is 74.4 Å². The van der Waals surface area contributed by atoms with Crippen LogP contribution >= 0.6 is 0 Å². The number of para-hydroxylation sites is 2. The van der Waals surface area contributed by atoms with Gasteiger partial charge < -0.3 is 85.3 Å². The molecule has 8 aliphatic rings. The minimum Gasteiger partial charge on any atom is -0.480 e. The van der Waals surface area contributed by atoms with Crippen LogP contribution in [0.1, 0.15) is 131 Å². The van der Waals surface area contributed by atoms with Crippen LogP contribution < -0.4 is 53.3 Å². The number of carboxylic acids is 1. The molecular formula is C102H122N20O19. The number of anilines is 4. The largest absolute Gasteiger partial charge is 0.480 e.